The highest BCUT2D eigenvalue weighted by molar-refractivity contribution is 9.08. The molecule has 0 aromatic heterocycles. The van der Waals surface area contributed by atoms with Crippen LogP contribution in [0.25, 0.3) is 10.8 Å². The number of rotatable bonds is 4. The maximum absolute atomic E-state index is 3.50. The molecule has 0 bridgehead atoms. The molecule has 0 atom stereocenters. The van der Waals surface area contributed by atoms with Gasteiger partial charge < -0.3 is 4.90 Å². The van der Waals surface area contributed by atoms with Gasteiger partial charge in [-0.1, -0.05) is 64.5 Å². The quantitative estimate of drug-likeness (QED) is 0.535. The first-order valence-electron chi connectivity index (χ1n) is 7.23. The Balaban J connectivity index is 2.09. The Morgan fingerprint density at radius 3 is 2.29 bits per heavy atom. The molecule has 2 heteroatoms. The summed E-state index contributed by atoms with van der Waals surface area (Å²) in [5.74, 6) is 0. The Labute approximate surface area is 134 Å². The molecule has 0 N–H and O–H groups in total. The summed E-state index contributed by atoms with van der Waals surface area (Å²) >= 11 is 3.50. The van der Waals surface area contributed by atoms with Crippen LogP contribution in [0.15, 0.2) is 66.7 Å². The number of benzene rings is 3. The van der Waals surface area contributed by atoms with Crippen LogP contribution in [0.5, 0.6) is 0 Å². The Bertz CT molecular complexity index is 729. The van der Waals surface area contributed by atoms with Gasteiger partial charge in [0, 0.05) is 28.6 Å². The van der Waals surface area contributed by atoms with E-state index in [1.807, 2.05) is 0 Å². The van der Waals surface area contributed by atoms with Crippen LogP contribution in [-0.2, 0) is 5.33 Å². The zero-order valence-corrected chi connectivity index (χ0v) is 13.7. The van der Waals surface area contributed by atoms with Gasteiger partial charge in [-0.25, -0.2) is 0 Å². The molecule has 0 saturated heterocycles. The predicted octanol–water partition coefficient (Wildman–Crippen LogP) is 5.89. The largest absolute Gasteiger partial charge is 0.341 e. The van der Waals surface area contributed by atoms with E-state index in [0.717, 1.165) is 11.9 Å². The molecule has 106 valence electrons. The van der Waals surface area contributed by atoms with Gasteiger partial charge in [-0.15, -0.1) is 0 Å². The third kappa shape index (κ3) is 2.81. The molecule has 0 fully saturated rings. The van der Waals surface area contributed by atoms with Crippen molar-refractivity contribution in [2.45, 2.75) is 12.3 Å². The molecule has 0 amide bonds. The fourth-order valence-corrected chi connectivity index (χ4v) is 3.07. The molecular weight excluding hydrogens is 322 g/mol. The van der Waals surface area contributed by atoms with E-state index in [0.29, 0.717) is 0 Å². The zero-order chi connectivity index (χ0) is 14.7. The third-order valence-electron chi connectivity index (χ3n) is 3.78. The van der Waals surface area contributed by atoms with Crippen molar-refractivity contribution in [1.82, 2.24) is 0 Å². The van der Waals surface area contributed by atoms with Crippen molar-refractivity contribution in [2.75, 3.05) is 11.4 Å². The fourth-order valence-electron chi connectivity index (χ4n) is 2.70. The average Bonchev–Trinajstić information content (AvgIpc) is 2.56. The molecule has 0 saturated carbocycles. The number of fused-ring (bicyclic) bond motifs is 1. The Kier molecular flexibility index (Phi) is 4.26. The molecule has 0 aliphatic rings. The molecule has 0 aliphatic heterocycles. The summed E-state index contributed by atoms with van der Waals surface area (Å²) < 4.78 is 0. The topological polar surface area (TPSA) is 3.24 Å². The van der Waals surface area contributed by atoms with Crippen molar-refractivity contribution in [3.8, 4) is 0 Å². The Hall–Kier alpha value is -1.80. The normalized spacial score (nSPS) is 10.8. The van der Waals surface area contributed by atoms with E-state index in [9.17, 15) is 0 Å². The second-order valence-electron chi connectivity index (χ2n) is 5.04. The van der Waals surface area contributed by atoms with Crippen molar-refractivity contribution in [2.24, 2.45) is 0 Å². The predicted molar refractivity (Wildman–Crippen MR) is 95.7 cm³/mol. The lowest BCUT2D eigenvalue weighted by atomic mass is 10.1. The summed E-state index contributed by atoms with van der Waals surface area (Å²) in [6, 6.07) is 23.8. The SMILES string of the molecule is CCN(c1ccc(CBr)cc1)c1cccc2ccccc12. The van der Waals surface area contributed by atoms with Crippen LogP contribution in [0.4, 0.5) is 11.4 Å². The van der Waals surface area contributed by atoms with Crippen molar-refractivity contribution >= 4 is 38.1 Å². The summed E-state index contributed by atoms with van der Waals surface area (Å²) in [7, 11) is 0. The van der Waals surface area contributed by atoms with Gasteiger partial charge in [0.05, 0.1) is 0 Å². The van der Waals surface area contributed by atoms with Crippen LogP contribution in [0.2, 0.25) is 0 Å². The van der Waals surface area contributed by atoms with E-state index in [1.54, 1.807) is 0 Å². The maximum Gasteiger partial charge on any atom is 0.0490 e. The fraction of sp³-hybridized carbons (Fsp3) is 0.158. The maximum atomic E-state index is 3.50. The van der Waals surface area contributed by atoms with Crippen LogP contribution < -0.4 is 4.90 Å². The average molecular weight is 340 g/mol. The number of anilines is 2. The summed E-state index contributed by atoms with van der Waals surface area (Å²) in [6.45, 7) is 3.14. The molecule has 0 unspecified atom stereocenters. The van der Waals surface area contributed by atoms with Gasteiger partial charge in [-0.2, -0.15) is 0 Å². The first-order valence-corrected chi connectivity index (χ1v) is 8.36. The molecule has 21 heavy (non-hydrogen) atoms. The van der Waals surface area contributed by atoms with Gasteiger partial charge in [0.2, 0.25) is 0 Å². The molecular formula is C19H18BrN. The second-order valence-corrected chi connectivity index (χ2v) is 5.60. The van der Waals surface area contributed by atoms with Gasteiger partial charge in [-0.05, 0) is 36.1 Å². The minimum absolute atomic E-state index is 0.897. The standard InChI is InChI=1S/C19H18BrN/c1-2-21(17-12-10-15(14-20)11-13-17)19-9-5-7-16-6-3-4-8-18(16)19/h3-13H,2,14H2,1H3. The highest BCUT2D eigenvalue weighted by atomic mass is 79.9. The minimum atomic E-state index is 0.897. The summed E-state index contributed by atoms with van der Waals surface area (Å²) in [5, 5.41) is 3.48. The van der Waals surface area contributed by atoms with Gasteiger partial charge in [-0.3, -0.25) is 0 Å². The monoisotopic (exact) mass is 339 g/mol. The number of nitrogens with zero attached hydrogens (tertiary/aromatic N) is 1. The van der Waals surface area contributed by atoms with Crippen LogP contribution >= 0.6 is 15.9 Å². The van der Waals surface area contributed by atoms with E-state index in [2.05, 4.69) is 94.5 Å². The molecule has 0 heterocycles. The minimum Gasteiger partial charge on any atom is -0.341 e. The number of hydrogen-bond donors (Lipinski definition) is 0. The second kappa shape index (κ2) is 6.31. The number of alkyl halides is 1. The number of hydrogen-bond acceptors (Lipinski definition) is 1. The van der Waals surface area contributed by atoms with Gasteiger partial charge in [0.15, 0.2) is 0 Å². The molecule has 0 spiro atoms. The lowest BCUT2D eigenvalue weighted by Gasteiger charge is -2.25. The van der Waals surface area contributed by atoms with Crippen LogP contribution in [-0.4, -0.2) is 6.54 Å². The summed E-state index contributed by atoms with van der Waals surface area (Å²) in [4.78, 5) is 2.36. The zero-order valence-electron chi connectivity index (χ0n) is 12.1. The highest BCUT2D eigenvalue weighted by Crippen LogP contribution is 2.32. The number of halogens is 1. The van der Waals surface area contributed by atoms with Crippen molar-refractivity contribution in [3.05, 3.63) is 72.3 Å². The lowest BCUT2D eigenvalue weighted by molar-refractivity contribution is 1.03. The molecule has 3 aromatic rings. The van der Waals surface area contributed by atoms with Crippen LogP contribution in [0.3, 0.4) is 0 Å². The molecule has 3 aromatic carbocycles. The molecule has 0 radical (unpaired) electrons. The summed E-state index contributed by atoms with van der Waals surface area (Å²) in [6.07, 6.45) is 0. The van der Waals surface area contributed by atoms with E-state index in [-0.39, 0.29) is 0 Å². The third-order valence-corrected chi connectivity index (χ3v) is 4.42. The Morgan fingerprint density at radius 1 is 0.857 bits per heavy atom. The van der Waals surface area contributed by atoms with E-state index >= 15 is 0 Å². The Morgan fingerprint density at radius 2 is 1.57 bits per heavy atom. The highest BCUT2D eigenvalue weighted by Gasteiger charge is 2.10. The lowest BCUT2D eigenvalue weighted by Crippen LogP contribution is -2.16. The van der Waals surface area contributed by atoms with Crippen molar-refractivity contribution in [3.63, 3.8) is 0 Å². The van der Waals surface area contributed by atoms with E-state index in [1.165, 1.54) is 27.7 Å². The van der Waals surface area contributed by atoms with Crippen LogP contribution in [0, 0.1) is 0 Å². The van der Waals surface area contributed by atoms with Crippen LogP contribution in [0.1, 0.15) is 12.5 Å². The van der Waals surface area contributed by atoms with E-state index < -0.39 is 0 Å². The van der Waals surface area contributed by atoms with Crippen molar-refractivity contribution < 1.29 is 0 Å². The summed E-state index contributed by atoms with van der Waals surface area (Å²) in [5.41, 5.74) is 3.80. The van der Waals surface area contributed by atoms with Gasteiger partial charge in [0.1, 0.15) is 0 Å². The first kappa shape index (κ1) is 14.2. The molecule has 1 nitrogen and oxygen atoms in total. The molecule has 0 aliphatic carbocycles. The van der Waals surface area contributed by atoms with E-state index in [4.69, 9.17) is 0 Å². The first-order chi connectivity index (χ1) is 10.3. The van der Waals surface area contributed by atoms with Gasteiger partial charge in [0.25, 0.3) is 0 Å². The van der Waals surface area contributed by atoms with Gasteiger partial charge >= 0.3 is 0 Å². The smallest absolute Gasteiger partial charge is 0.0490 e. The molecule has 3 rings (SSSR count). The van der Waals surface area contributed by atoms with Crippen molar-refractivity contribution in [1.29, 1.82) is 0 Å².